The van der Waals surface area contributed by atoms with Gasteiger partial charge in [0.1, 0.15) is 10.8 Å². The number of carbonyl (C=O) groups is 2. The highest BCUT2D eigenvalue weighted by Gasteiger charge is 2.48. The van der Waals surface area contributed by atoms with Crippen LogP contribution in [0.15, 0.2) is 42.0 Å². The molecule has 1 saturated heterocycles. The fourth-order valence-corrected chi connectivity index (χ4v) is 4.96. The van der Waals surface area contributed by atoms with Crippen molar-refractivity contribution >= 4 is 33.9 Å². The second-order valence-corrected chi connectivity index (χ2v) is 10.7. The number of Topliss-reactive ketones (excluding diaryl/α,β-unsaturated/α-hetero) is 1. The van der Waals surface area contributed by atoms with Gasteiger partial charge in [-0.2, -0.15) is 0 Å². The average molecular weight is 522 g/mol. The molecule has 1 N–H and O–H groups in total. The molecule has 2 aromatic carbocycles. The highest BCUT2D eigenvalue weighted by Crippen LogP contribution is 2.45. The van der Waals surface area contributed by atoms with Gasteiger partial charge in [-0.25, -0.2) is 0 Å². The Morgan fingerprint density at radius 3 is 2.49 bits per heavy atom. The second-order valence-electron chi connectivity index (χ2n) is 9.53. The number of rotatable bonds is 8. The molecule has 3 aromatic rings. The number of hydrogen-bond acceptors (Lipinski definition) is 8. The van der Waals surface area contributed by atoms with Crippen LogP contribution in [0.1, 0.15) is 53.6 Å². The number of methoxy groups -OCH3 is 1. The molecule has 1 aromatic heterocycles. The standard InChI is InChI=1S/C28H31N3O5S/c1-15(2)11-12-36-21-10-9-19(14-22(21)35-6)24-23(25(32)20-13-16(3)7-8-17(20)4)26(33)27(34)31(24)28-30-29-18(5)37-28/h7-10,13-15,24,32H,11-12H2,1-6H3. The molecule has 1 amide bonds. The van der Waals surface area contributed by atoms with Crippen LogP contribution in [-0.2, 0) is 9.59 Å². The van der Waals surface area contributed by atoms with Crippen LogP contribution in [0.4, 0.5) is 5.13 Å². The van der Waals surface area contributed by atoms with Crippen molar-refractivity contribution in [3.05, 3.63) is 69.2 Å². The summed E-state index contributed by atoms with van der Waals surface area (Å²) in [6, 6.07) is 9.95. The number of anilines is 1. The molecule has 1 unspecified atom stereocenters. The van der Waals surface area contributed by atoms with E-state index in [-0.39, 0.29) is 16.5 Å². The summed E-state index contributed by atoms with van der Waals surface area (Å²) in [7, 11) is 1.54. The van der Waals surface area contributed by atoms with E-state index in [0.717, 1.165) is 17.5 Å². The third-order valence-electron chi connectivity index (χ3n) is 6.27. The third kappa shape index (κ3) is 5.22. The van der Waals surface area contributed by atoms with Crippen LogP contribution >= 0.6 is 11.3 Å². The van der Waals surface area contributed by atoms with Crippen molar-refractivity contribution in [2.75, 3.05) is 18.6 Å². The molecule has 0 radical (unpaired) electrons. The topological polar surface area (TPSA) is 102 Å². The Morgan fingerprint density at radius 2 is 1.84 bits per heavy atom. The Balaban J connectivity index is 1.88. The number of hydrogen-bond donors (Lipinski definition) is 1. The lowest BCUT2D eigenvalue weighted by Gasteiger charge is -2.24. The van der Waals surface area contributed by atoms with Gasteiger partial charge in [0, 0.05) is 5.56 Å². The highest BCUT2D eigenvalue weighted by molar-refractivity contribution is 7.15. The van der Waals surface area contributed by atoms with Gasteiger partial charge >= 0.3 is 5.91 Å². The van der Waals surface area contributed by atoms with Crippen LogP contribution in [-0.4, -0.2) is 40.7 Å². The lowest BCUT2D eigenvalue weighted by molar-refractivity contribution is -0.132. The number of nitrogens with zero attached hydrogens (tertiary/aromatic N) is 3. The zero-order chi connectivity index (χ0) is 26.9. The maximum atomic E-state index is 13.4. The molecule has 1 fully saturated rings. The predicted octanol–water partition coefficient (Wildman–Crippen LogP) is 5.52. The van der Waals surface area contributed by atoms with Crippen molar-refractivity contribution in [1.82, 2.24) is 10.2 Å². The van der Waals surface area contributed by atoms with E-state index in [0.29, 0.717) is 40.2 Å². The van der Waals surface area contributed by atoms with E-state index in [1.54, 1.807) is 31.2 Å². The van der Waals surface area contributed by atoms with Gasteiger partial charge in [-0.3, -0.25) is 14.5 Å². The lowest BCUT2D eigenvalue weighted by Crippen LogP contribution is -2.29. The van der Waals surface area contributed by atoms with E-state index in [1.165, 1.54) is 23.3 Å². The summed E-state index contributed by atoms with van der Waals surface area (Å²) in [6.45, 7) is 10.3. The van der Waals surface area contributed by atoms with Crippen LogP contribution in [0.3, 0.4) is 0 Å². The number of benzene rings is 2. The molecule has 0 spiro atoms. The van der Waals surface area contributed by atoms with Gasteiger partial charge in [0.15, 0.2) is 11.5 Å². The largest absolute Gasteiger partial charge is 0.507 e. The molecule has 1 aliphatic rings. The van der Waals surface area contributed by atoms with Crippen molar-refractivity contribution in [2.45, 2.75) is 47.1 Å². The number of aryl methyl sites for hydroxylation is 3. The van der Waals surface area contributed by atoms with Gasteiger partial charge < -0.3 is 14.6 Å². The number of aromatic nitrogens is 2. The minimum Gasteiger partial charge on any atom is -0.507 e. The van der Waals surface area contributed by atoms with Crippen LogP contribution in [0, 0.1) is 26.7 Å². The van der Waals surface area contributed by atoms with Crippen molar-refractivity contribution in [3.8, 4) is 11.5 Å². The number of ether oxygens (including phenoxy) is 2. The highest BCUT2D eigenvalue weighted by atomic mass is 32.1. The lowest BCUT2D eigenvalue weighted by atomic mass is 9.93. The van der Waals surface area contributed by atoms with Crippen molar-refractivity contribution in [3.63, 3.8) is 0 Å². The van der Waals surface area contributed by atoms with Crippen LogP contribution in [0.5, 0.6) is 11.5 Å². The molecule has 4 rings (SSSR count). The summed E-state index contributed by atoms with van der Waals surface area (Å²) in [5.74, 6) is -0.274. The molecular formula is C28H31N3O5S. The molecular weight excluding hydrogens is 490 g/mol. The smallest absolute Gasteiger partial charge is 0.301 e. The molecule has 8 nitrogen and oxygen atoms in total. The van der Waals surface area contributed by atoms with E-state index in [2.05, 4.69) is 24.0 Å². The van der Waals surface area contributed by atoms with Gasteiger partial charge in [-0.05, 0) is 62.4 Å². The first-order valence-electron chi connectivity index (χ1n) is 12.1. The first-order chi connectivity index (χ1) is 17.6. The summed E-state index contributed by atoms with van der Waals surface area (Å²) in [6.07, 6.45) is 0.886. The van der Waals surface area contributed by atoms with E-state index in [1.807, 2.05) is 26.0 Å². The maximum absolute atomic E-state index is 13.4. The second kappa shape index (κ2) is 10.7. The van der Waals surface area contributed by atoms with Gasteiger partial charge in [0.25, 0.3) is 5.78 Å². The van der Waals surface area contributed by atoms with Gasteiger partial charge in [0.2, 0.25) is 5.13 Å². The molecule has 194 valence electrons. The Kier molecular flexibility index (Phi) is 7.63. The van der Waals surface area contributed by atoms with Crippen molar-refractivity contribution in [1.29, 1.82) is 0 Å². The van der Waals surface area contributed by atoms with Gasteiger partial charge in [0.05, 0.1) is 25.3 Å². The molecule has 0 bridgehead atoms. The number of amides is 1. The van der Waals surface area contributed by atoms with E-state index >= 15 is 0 Å². The van der Waals surface area contributed by atoms with E-state index in [4.69, 9.17) is 9.47 Å². The first-order valence-corrected chi connectivity index (χ1v) is 12.9. The number of aliphatic hydroxyl groups excluding tert-OH is 1. The zero-order valence-electron chi connectivity index (χ0n) is 21.9. The van der Waals surface area contributed by atoms with Crippen molar-refractivity contribution < 1.29 is 24.2 Å². The van der Waals surface area contributed by atoms with Gasteiger partial charge in [-0.15, -0.1) is 10.2 Å². The minimum atomic E-state index is -0.925. The number of aliphatic hydroxyl groups is 1. The quantitative estimate of drug-likeness (QED) is 0.236. The zero-order valence-corrected chi connectivity index (χ0v) is 22.7. The molecule has 2 heterocycles. The molecule has 9 heteroatoms. The molecule has 37 heavy (non-hydrogen) atoms. The summed E-state index contributed by atoms with van der Waals surface area (Å²) >= 11 is 1.20. The van der Waals surface area contributed by atoms with Crippen LogP contribution in [0.25, 0.3) is 5.76 Å². The summed E-state index contributed by atoms with van der Waals surface area (Å²) in [4.78, 5) is 28.0. The van der Waals surface area contributed by atoms with Gasteiger partial charge in [-0.1, -0.05) is 48.9 Å². The van der Waals surface area contributed by atoms with Crippen LogP contribution in [0.2, 0.25) is 0 Å². The Labute approximate surface area is 220 Å². The average Bonchev–Trinajstić information content (AvgIpc) is 3.40. The first kappa shape index (κ1) is 26.3. The van der Waals surface area contributed by atoms with Crippen LogP contribution < -0.4 is 14.4 Å². The minimum absolute atomic E-state index is 0.0120. The molecule has 1 aliphatic heterocycles. The normalized spacial score (nSPS) is 17.1. The fourth-order valence-electron chi connectivity index (χ4n) is 4.24. The Morgan fingerprint density at radius 1 is 1.08 bits per heavy atom. The fraction of sp³-hybridized carbons (Fsp3) is 0.357. The third-order valence-corrected chi connectivity index (χ3v) is 7.11. The van der Waals surface area contributed by atoms with Crippen molar-refractivity contribution in [2.24, 2.45) is 5.92 Å². The Bertz CT molecular complexity index is 1380. The molecule has 1 atom stereocenters. The Hall–Kier alpha value is -3.72. The SMILES string of the molecule is COc1cc(C2C(=C(O)c3cc(C)ccc3C)C(=O)C(=O)N2c2nnc(C)s2)ccc1OCCC(C)C. The number of carbonyl (C=O) groups excluding carboxylic acids is 2. The molecule has 0 saturated carbocycles. The predicted molar refractivity (Wildman–Crippen MR) is 143 cm³/mol. The molecule has 0 aliphatic carbocycles. The summed E-state index contributed by atoms with van der Waals surface area (Å²) in [5.41, 5.74) is 2.76. The summed E-state index contributed by atoms with van der Waals surface area (Å²) in [5, 5.41) is 20.6. The number of ketones is 1. The van der Waals surface area contributed by atoms with E-state index in [9.17, 15) is 14.7 Å². The monoisotopic (exact) mass is 521 g/mol. The van der Waals surface area contributed by atoms with E-state index < -0.39 is 17.7 Å². The summed E-state index contributed by atoms with van der Waals surface area (Å²) < 4.78 is 11.5. The maximum Gasteiger partial charge on any atom is 0.301 e.